The molecule has 0 aliphatic rings. The van der Waals surface area contributed by atoms with Crippen molar-refractivity contribution >= 4 is 11.6 Å². The van der Waals surface area contributed by atoms with Crippen molar-refractivity contribution in [1.82, 2.24) is 14.3 Å². The third-order valence-corrected chi connectivity index (χ3v) is 3.52. The molecule has 2 aromatic rings. The maximum absolute atomic E-state index is 12.8. The van der Waals surface area contributed by atoms with Crippen LogP contribution in [0.1, 0.15) is 29.8 Å². The van der Waals surface area contributed by atoms with Gasteiger partial charge < -0.3 is 9.64 Å². The summed E-state index contributed by atoms with van der Waals surface area (Å²) in [6.07, 6.45) is 3.07. The van der Waals surface area contributed by atoms with Crippen LogP contribution in [0.2, 0.25) is 0 Å². The molecule has 0 radical (unpaired) electrons. The van der Waals surface area contributed by atoms with Crippen molar-refractivity contribution in [3.8, 4) is 0 Å². The number of aromatic nitrogens is 2. The summed E-state index contributed by atoms with van der Waals surface area (Å²) in [4.78, 5) is 31.3. The molecule has 1 amide bonds. The Morgan fingerprint density at radius 1 is 1.39 bits per heavy atom. The summed E-state index contributed by atoms with van der Waals surface area (Å²) in [5.41, 5.74) is 1.22. The summed E-state index contributed by atoms with van der Waals surface area (Å²) in [7, 11) is 1.59. The van der Waals surface area contributed by atoms with Gasteiger partial charge in [0, 0.05) is 32.6 Å². The molecule has 0 saturated heterocycles. The molecule has 0 saturated carbocycles. The van der Waals surface area contributed by atoms with Crippen LogP contribution in [0.15, 0.2) is 29.3 Å². The Labute approximate surface area is 135 Å². The summed E-state index contributed by atoms with van der Waals surface area (Å²) in [5.74, 6) is -0.00150. The minimum absolute atomic E-state index is 0.0878. The highest BCUT2D eigenvalue weighted by Crippen LogP contribution is 2.06. The average molecular weight is 317 g/mol. The number of hydrogen-bond acceptors (Lipinski definition) is 4. The minimum Gasteiger partial charge on any atom is -0.383 e. The monoisotopic (exact) mass is 317 g/mol. The fourth-order valence-electron chi connectivity index (χ4n) is 2.42. The first-order chi connectivity index (χ1) is 10.9. The highest BCUT2D eigenvalue weighted by molar-refractivity contribution is 5.93. The number of fused-ring (bicyclic) bond motifs is 1. The molecule has 23 heavy (non-hydrogen) atoms. The van der Waals surface area contributed by atoms with Crippen LogP contribution in [0, 0.1) is 12.8 Å². The van der Waals surface area contributed by atoms with Gasteiger partial charge in [-0.15, -0.1) is 0 Å². The third-order valence-electron chi connectivity index (χ3n) is 3.52. The molecule has 0 fully saturated rings. The van der Waals surface area contributed by atoms with Crippen LogP contribution >= 0.6 is 0 Å². The van der Waals surface area contributed by atoms with E-state index in [1.807, 2.05) is 26.8 Å². The summed E-state index contributed by atoms with van der Waals surface area (Å²) in [5, 5.41) is 0. The van der Waals surface area contributed by atoms with Gasteiger partial charge in [-0.1, -0.05) is 19.9 Å². The minimum atomic E-state index is -0.338. The summed E-state index contributed by atoms with van der Waals surface area (Å²) >= 11 is 0. The second kappa shape index (κ2) is 7.37. The van der Waals surface area contributed by atoms with Crippen molar-refractivity contribution in [2.45, 2.75) is 20.8 Å². The fourth-order valence-corrected chi connectivity index (χ4v) is 2.42. The zero-order valence-corrected chi connectivity index (χ0v) is 14.1. The number of aryl methyl sites for hydroxylation is 1. The summed E-state index contributed by atoms with van der Waals surface area (Å²) in [6, 6.07) is 3.65. The molecule has 2 aromatic heterocycles. The lowest BCUT2D eigenvalue weighted by Gasteiger charge is -2.24. The van der Waals surface area contributed by atoms with Gasteiger partial charge in [-0.25, -0.2) is 4.98 Å². The van der Waals surface area contributed by atoms with Crippen LogP contribution in [0.5, 0.6) is 0 Å². The van der Waals surface area contributed by atoms with Crippen molar-refractivity contribution < 1.29 is 9.53 Å². The van der Waals surface area contributed by atoms with E-state index in [2.05, 4.69) is 4.98 Å². The van der Waals surface area contributed by atoms with Crippen molar-refractivity contribution in [2.75, 3.05) is 26.8 Å². The van der Waals surface area contributed by atoms with Crippen LogP contribution in [-0.2, 0) is 4.74 Å². The topological polar surface area (TPSA) is 63.9 Å². The highest BCUT2D eigenvalue weighted by Gasteiger charge is 2.21. The van der Waals surface area contributed by atoms with Crippen LogP contribution < -0.4 is 5.56 Å². The van der Waals surface area contributed by atoms with Gasteiger partial charge in [0.05, 0.1) is 6.61 Å². The van der Waals surface area contributed by atoms with Crippen LogP contribution in [-0.4, -0.2) is 47.0 Å². The molecule has 0 spiro atoms. The van der Waals surface area contributed by atoms with Crippen LogP contribution in [0.4, 0.5) is 0 Å². The zero-order valence-electron chi connectivity index (χ0n) is 14.1. The average Bonchev–Trinajstić information content (AvgIpc) is 2.51. The maximum atomic E-state index is 12.8. The number of nitrogens with zero attached hydrogens (tertiary/aromatic N) is 3. The first-order valence-electron chi connectivity index (χ1n) is 7.70. The number of methoxy groups -OCH3 is 1. The smallest absolute Gasteiger partial charge is 0.270 e. The van der Waals surface area contributed by atoms with Crippen molar-refractivity contribution in [2.24, 2.45) is 5.92 Å². The molecule has 6 nitrogen and oxygen atoms in total. The third kappa shape index (κ3) is 3.96. The number of carbonyl (C=O) groups is 1. The van der Waals surface area contributed by atoms with Crippen molar-refractivity contribution in [1.29, 1.82) is 0 Å². The fraction of sp³-hybridized carbons (Fsp3) is 0.471. The standard InChI is InChI=1S/C17H23N3O3/c1-12(2)10-19(7-8-23-4)16(21)14-9-18-15-6-5-13(3)11-20(15)17(14)22/h5-6,9,11-12H,7-8,10H2,1-4H3. The second-order valence-electron chi connectivity index (χ2n) is 6.05. The van der Waals surface area contributed by atoms with E-state index < -0.39 is 0 Å². The lowest BCUT2D eigenvalue weighted by atomic mass is 10.2. The van der Waals surface area contributed by atoms with Gasteiger partial charge in [0.15, 0.2) is 0 Å². The first-order valence-corrected chi connectivity index (χ1v) is 7.70. The zero-order chi connectivity index (χ0) is 17.0. The van der Waals surface area contributed by atoms with Gasteiger partial charge in [0.2, 0.25) is 0 Å². The molecule has 0 aliphatic heterocycles. The van der Waals surface area contributed by atoms with E-state index in [1.165, 1.54) is 10.6 Å². The normalized spacial score (nSPS) is 11.2. The Bertz CT molecular complexity index is 752. The Morgan fingerprint density at radius 3 is 2.78 bits per heavy atom. The summed E-state index contributed by atoms with van der Waals surface area (Å²) in [6.45, 7) is 7.40. The molecule has 2 rings (SSSR count). The number of hydrogen-bond donors (Lipinski definition) is 0. The SMILES string of the molecule is COCCN(CC(C)C)C(=O)c1cnc2ccc(C)cn2c1=O. The molecule has 124 valence electrons. The quantitative estimate of drug-likeness (QED) is 0.814. The molecule has 0 aliphatic carbocycles. The van der Waals surface area contributed by atoms with Crippen molar-refractivity contribution in [3.63, 3.8) is 0 Å². The van der Waals surface area contributed by atoms with E-state index in [4.69, 9.17) is 4.74 Å². The van der Waals surface area contributed by atoms with Crippen LogP contribution in [0.25, 0.3) is 5.65 Å². The van der Waals surface area contributed by atoms with E-state index in [1.54, 1.807) is 24.3 Å². The van der Waals surface area contributed by atoms with Gasteiger partial charge in [-0.05, 0) is 24.5 Å². The Balaban J connectivity index is 2.42. The Kier molecular flexibility index (Phi) is 5.50. The number of pyridine rings is 1. The van der Waals surface area contributed by atoms with E-state index in [9.17, 15) is 9.59 Å². The van der Waals surface area contributed by atoms with E-state index in [-0.39, 0.29) is 17.0 Å². The van der Waals surface area contributed by atoms with Crippen molar-refractivity contribution in [3.05, 3.63) is 46.0 Å². The molecule has 0 unspecified atom stereocenters. The van der Waals surface area contributed by atoms with E-state index in [0.29, 0.717) is 31.3 Å². The molecule has 0 N–H and O–H groups in total. The van der Waals surface area contributed by atoms with E-state index in [0.717, 1.165) is 5.56 Å². The Hall–Kier alpha value is -2.21. The molecule has 0 aromatic carbocycles. The molecule has 2 heterocycles. The second-order valence-corrected chi connectivity index (χ2v) is 6.05. The number of carbonyl (C=O) groups excluding carboxylic acids is 1. The van der Waals surface area contributed by atoms with Gasteiger partial charge >= 0.3 is 0 Å². The lowest BCUT2D eigenvalue weighted by molar-refractivity contribution is 0.0670. The molecule has 6 heteroatoms. The Morgan fingerprint density at radius 2 is 2.13 bits per heavy atom. The van der Waals surface area contributed by atoms with E-state index >= 15 is 0 Å². The predicted octanol–water partition coefficient (Wildman–Crippen LogP) is 1.75. The van der Waals surface area contributed by atoms with Gasteiger partial charge in [0.25, 0.3) is 11.5 Å². The maximum Gasteiger partial charge on any atom is 0.270 e. The summed E-state index contributed by atoms with van der Waals surface area (Å²) < 4.78 is 6.49. The molecular formula is C17H23N3O3. The molecular weight excluding hydrogens is 294 g/mol. The number of rotatable bonds is 6. The van der Waals surface area contributed by atoms with Gasteiger partial charge in [-0.3, -0.25) is 14.0 Å². The first kappa shape index (κ1) is 17.1. The predicted molar refractivity (Wildman–Crippen MR) is 88.8 cm³/mol. The lowest BCUT2D eigenvalue weighted by Crippen LogP contribution is -2.40. The molecule has 0 atom stereocenters. The van der Waals surface area contributed by atoms with Gasteiger partial charge in [-0.2, -0.15) is 0 Å². The molecule has 0 bridgehead atoms. The number of amides is 1. The largest absolute Gasteiger partial charge is 0.383 e. The highest BCUT2D eigenvalue weighted by atomic mass is 16.5. The van der Waals surface area contributed by atoms with Crippen LogP contribution in [0.3, 0.4) is 0 Å². The van der Waals surface area contributed by atoms with Gasteiger partial charge in [0.1, 0.15) is 11.2 Å². The number of ether oxygens (including phenoxy) is 1.